The number of nitrogens with one attached hydrogen (secondary N) is 2. The van der Waals surface area contributed by atoms with Gasteiger partial charge in [-0.3, -0.25) is 4.79 Å². The first kappa shape index (κ1) is 115. The van der Waals surface area contributed by atoms with Crippen molar-refractivity contribution in [1.29, 1.82) is 5.26 Å². The van der Waals surface area contributed by atoms with Gasteiger partial charge in [0.15, 0.2) is 7.85 Å². The number of benzene rings is 5. The van der Waals surface area contributed by atoms with Crippen LogP contribution in [-0.4, -0.2) is 125 Å². The molecule has 11 rings (SSSR count). The summed E-state index contributed by atoms with van der Waals surface area (Å²) in [5.74, 6) is 7.68. The van der Waals surface area contributed by atoms with Gasteiger partial charge in [-0.15, -0.1) is 18.3 Å². The monoisotopic (exact) mass is 1740 g/mol. The first-order valence-electron chi connectivity index (χ1n) is 37.0. The minimum absolute atomic E-state index is 0. The van der Waals surface area contributed by atoms with Gasteiger partial charge in [0.05, 0.1) is 17.6 Å². The summed E-state index contributed by atoms with van der Waals surface area (Å²) < 4.78 is 5.15. The van der Waals surface area contributed by atoms with E-state index in [-0.39, 0.29) is 166 Å². The molecule has 5 aliphatic carbocycles. The van der Waals surface area contributed by atoms with Gasteiger partial charge in [0, 0.05) is 81.6 Å². The van der Waals surface area contributed by atoms with E-state index >= 15 is 0 Å². The van der Waals surface area contributed by atoms with Crippen molar-refractivity contribution >= 4 is 145 Å². The molecule has 8 nitrogen and oxygen atoms in total. The molecule has 5 aromatic carbocycles. The maximum atomic E-state index is 10.9. The normalized spacial score (nSPS) is 17.4. The number of nitrogens with zero attached hydrogens (tertiary/aromatic N) is 2. The number of aliphatic hydroxyl groups is 1. The van der Waals surface area contributed by atoms with Crippen molar-refractivity contribution in [3.63, 3.8) is 0 Å². The van der Waals surface area contributed by atoms with Crippen LogP contribution < -0.4 is 79.9 Å². The molecule has 1 heterocycles. The zero-order chi connectivity index (χ0) is 74.7. The number of aliphatic hydroxyl groups excluding tert-OH is 1. The van der Waals surface area contributed by atoms with Crippen LogP contribution in [0.4, 0.5) is 0 Å². The third-order valence-corrected chi connectivity index (χ3v) is 21.9. The molecular weight excluding hydrogens is 1620 g/mol. The Morgan fingerprint density at radius 2 is 0.907 bits per heavy atom. The molecule has 4 unspecified atom stereocenters. The van der Waals surface area contributed by atoms with E-state index in [1.807, 2.05) is 72.8 Å². The molecule has 1 amide bonds. The van der Waals surface area contributed by atoms with Crippen LogP contribution in [0.15, 0.2) is 121 Å². The third kappa shape index (κ3) is 36.7. The second kappa shape index (κ2) is 60.1. The average Bonchev–Trinajstić information content (AvgIpc) is 0.820. The van der Waals surface area contributed by atoms with Gasteiger partial charge in [-0.1, -0.05) is 220 Å². The smallest absolute Gasteiger partial charge is 1.00 e. The van der Waals surface area contributed by atoms with Gasteiger partial charge in [-0.25, -0.2) is 0 Å². The van der Waals surface area contributed by atoms with Gasteiger partial charge in [0.25, 0.3) is 0 Å². The molecule has 6 fully saturated rings. The Morgan fingerprint density at radius 3 is 1.13 bits per heavy atom. The van der Waals surface area contributed by atoms with E-state index < -0.39 is 0 Å². The Morgan fingerprint density at radius 1 is 0.598 bits per heavy atom. The number of nitriles is 1. The molecule has 5 saturated carbocycles. The maximum Gasteiger partial charge on any atom is 2.00 e. The summed E-state index contributed by atoms with van der Waals surface area (Å²) in [5.41, 5.74) is 13.9. The van der Waals surface area contributed by atoms with Crippen LogP contribution in [0.5, 0.6) is 0 Å². The van der Waals surface area contributed by atoms with Crippen LogP contribution in [0.2, 0.25) is 25.1 Å². The zero-order valence-corrected chi connectivity index (χ0v) is 80.0. The molecule has 1 aliphatic heterocycles. The fourth-order valence-electron chi connectivity index (χ4n) is 14.5. The van der Waals surface area contributed by atoms with E-state index in [0.29, 0.717) is 46.9 Å². The minimum atomic E-state index is -0.204. The Kier molecular flexibility index (Phi) is 64.6. The molecule has 579 valence electrons. The Hall–Kier alpha value is -0.508. The van der Waals surface area contributed by atoms with E-state index in [4.69, 9.17) is 78.8 Å². The van der Waals surface area contributed by atoms with Gasteiger partial charge >= 0.3 is 75.7 Å². The first-order valence-corrected chi connectivity index (χ1v) is 38.9. The largest absolute Gasteiger partial charge is 2.00 e. The van der Waals surface area contributed by atoms with Crippen LogP contribution in [0.25, 0.3) is 5.41 Å². The number of carbonyl (C=O) groups is 1. The summed E-state index contributed by atoms with van der Waals surface area (Å²) in [7, 11) is 7.77. The van der Waals surface area contributed by atoms with Crippen LogP contribution in [0.1, 0.15) is 247 Å². The second-order valence-corrected chi connectivity index (χ2v) is 32.6. The molecule has 0 bridgehead atoms. The molecule has 0 spiro atoms. The Balaban J connectivity index is -0.000000282. The Bertz CT molecular complexity index is 3210. The molecule has 21 heteroatoms. The fraction of sp³-hybridized carbons (Fsp3) is 0.581. The number of rotatable bonds is 20. The number of hydrogen-bond donors (Lipinski definition) is 4. The first-order chi connectivity index (χ1) is 47.6. The molecule has 0 aromatic heterocycles. The number of amides is 1. The average molecular weight is 1740 g/mol. The van der Waals surface area contributed by atoms with E-state index in [0.717, 1.165) is 121 Å². The quantitative estimate of drug-likeness (QED) is 0.0201. The van der Waals surface area contributed by atoms with Crippen molar-refractivity contribution in [1.82, 2.24) is 10.6 Å². The summed E-state index contributed by atoms with van der Waals surface area (Å²) >= 11 is 29.6. The van der Waals surface area contributed by atoms with Crippen molar-refractivity contribution in [2.24, 2.45) is 35.3 Å². The number of carbonyl (C=O) groups excluding carboxylic acids is 1. The molecule has 1 saturated heterocycles. The van der Waals surface area contributed by atoms with E-state index in [1.165, 1.54) is 92.9 Å². The van der Waals surface area contributed by atoms with Gasteiger partial charge in [-0.2, -0.15) is 22.7 Å². The van der Waals surface area contributed by atoms with Crippen molar-refractivity contribution < 1.29 is 79.6 Å². The van der Waals surface area contributed by atoms with Gasteiger partial charge < -0.3 is 73.9 Å². The fourth-order valence-corrected chi connectivity index (χ4v) is 15.2. The van der Waals surface area contributed by atoms with Gasteiger partial charge in [-0.05, 0) is 241 Å². The summed E-state index contributed by atoms with van der Waals surface area (Å²) in [5, 5.41) is 37.0. The predicted octanol–water partition coefficient (Wildman–Crippen LogP) is 13.4. The van der Waals surface area contributed by atoms with Crippen molar-refractivity contribution in [3.05, 3.63) is 187 Å². The van der Waals surface area contributed by atoms with Crippen LogP contribution in [0, 0.1) is 59.6 Å². The number of halogens is 8. The standard InChI is InChI=1S/C16H22ClNO.C16H24ClN.C15H22ClN.C15H19ClN.C11H10ClN.C5H10O.C4H9.C3H3B.CH4O.B.2BrH.ClH.2Mg.Na.H/c1-12(2)10-15(18-11-19)16(8-3-9-16)13-4-6-14(17)7-5-13;1-12(2)11-15(18-3)16(9-4-10-16)13-5-7-14(17)8-6-13;2*1-11(2)10-14(17)15(8-3-9-15)12-4-6-13(16)7-5-12;12-10-4-2-9(3-5-10)11(8-13)6-1-7-11;1-5-3-2-4-6-5;1-4(2)3;1-2-3-4;1-2;;;;;;;;/h4-7,11-12,15H,3,8-10H2,1-2H3,(H,18,19);5-8,12,15,18H,4,9-11H2,1-3H3;4-7,11,14H,3,8-10,17H2,1-2H3;4-7,11H,3,8-10H2,1-2H3;2-5H,1,6-7H2;5H,2-4H2,1H3;4H,1H2,2-3H3;1H3;2H,1H3;;3*1H;;;;/q;;;-1;;;-1;;;;;;;2*+2;+1;-1/p-2. The van der Waals surface area contributed by atoms with Gasteiger partial charge in [0.1, 0.15) is 0 Å². The number of ether oxygens (including phenoxy) is 1. The molecule has 107 heavy (non-hydrogen) atoms. The minimum Gasteiger partial charge on any atom is -1.00 e. The van der Waals surface area contributed by atoms with E-state index in [2.05, 4.69) is 175 Å². The van der Waals surface area contributed by atoms with Crippen molar-refractivity contribution in [3.8, 4) is 17.8 Å². The number of nitrogens with two attached hydrogens (primary N) is 1. The molecule has 6 aliphatic rings. The van der Waals surface area contributed by atoms with Crippen LogP contribution >= 0.6 is 70.4 Å². The van der Waals surface area contributed by atoms with E-state index in [1.54, 1.807) is 6.92 Å². The van der Waals surface area contributed by atoms with E-state index in [9.17, 15) is 10.2 Å². The molecular formula is C86H125B2Br2Cl6Mg2N5NaO3. The number of hydrogen-bond acceptors (Lipinski definition) is 6. The molecule has 5 N–H and O–H groups in total. The van der Waals surface area contributed by atoms with Gasteiger partial charge in [0.2, 0.25) is 6.41 Å². The van der Waals surface area contributed by atoms with Crippen LogP contribution in [0.3, 0.4) is 0 Å². The molecule has 5 radical (unpaired) electrons. The topological polar surface area (TPSA) is 143 Å². The maximum absolute atomic E-state index is 10.9. The Labute approximate surface area is 761 Å². The summed E-state index contributed by atoms with van der Waals surface area (Å²) in [6.07, 6.45) is 25.8. The zero-order valence-electron chi connectivity index (χ0n) is 68.4. The molecule has 5 aromatic rings. The number of likely N-dealkylation sites (N-methyl/N-ethyl adjacent to an activating group) is 1. The SMILES string of the molecule is CC(C)CC(=[N-])C1(c2ccc(Cl)cc2)CCC1.CC(C)CC(N)C1(c2ccc(Cl)cc2)CCC1.CC(C)CC(NC=O)C1(c2ccc(Cl)cc2)CCC1.CC1CCCO1.CNC(CC(C)C)C1(c2ccc(Cl)cc2)CCC1.CO.Cl.N#CC1(c2ccc(Cl)cc2)CCC1.[B].[B]C#CC.[Br-].[Br-].[CH2-]C(C)C.[H-].[Mg+2].[Mg+2].[Na+]. The van der Waals surface area contributed by atoms with Crippen molar-refractivity contribution in [2.45, 2.75) is 269 Å². The second-order valence-electron chi connectivity index (χ2n) is 30.4. The van der Waals surface area contributed by atoms with Crippen molar-refractivity contribution in [2.75, 3.05) is 20.8 Å². The predicted molar refractivity (Wildman–Crippen MR) is 458 cm³/mol. The van der Waals surface area contributed by atoms with Crippen LogP contribution in [-0.2, 0) is 36.6 Å². The summed E-state index contributed by atoms with van der Waals surface area (Å²) in [4.78, 5) is 10.9. The summed E-state index contributed by atoms with van der Waals surface area (Å²) in [6.45, 7) is 30.3. The summed E-state index contributed by atoms with van der Waals surface area (Å²) in [6, 6.07) is 43.9. The third-order valence-electron chi connectivity index (χ3n) is 20.7. The molecule has 4 atom stereocenters.